The zero-order chi connectivity index (χ0) is 20.9. The number of piperazine rings is 1. The molecule has 0 aliphatic carbocycles. The van der Waals surface area contributed by atoms with Crippen LogP contribution < -0.4 is 9.64 Å². The second-order valence-corrected chi connectivity index (χ2v) is 7.70. The number of carbonyl (C=O) groups is 2. The smallest absolute Gasteiger partial charge is 0.251 e. The van der Waals surface area contributed by atoms with Crippen molar-refractivity contribution < 1.29 is 14.3 Å². The lowest BCUT2D eigenvalue weighted by Gasteiger charge is -2.37. The van der Waals surface area contributed by atoms with Crippen molar-refractivity contribution in [2.24, 2.45) is 0 Å². The first-order chi connectivity index (χ1) is 14.7. The Morgan fingerprint density at radius 3 is 2.37 bits per heavy atom. The van der Waals surface area contributed by atoms with Crippen LogP contribution in [-0.2, 0) is 16.0 Å². The van der Waals surface area contributed by atoms with Gasteiger partial charge in [0.15, 0.2) is 0 Å². The standard InChI is InChI=1S/C23H28N4O3/c1-2-30-20-5-3-19(4-6-20)27-22(28)17-21(23(27)29)26-15-13-25(14-16-26)12-9-18-7-10-24-11-8-18/h3-8,10-11,21H,2,9,12-17H2,1H3. The first-order valence-corrected chi connectivity index (χ1v) is 10.6. The highest BCUT2D eigenvalue weighted by molar-refractivity contribution is 6.22. The molecule has 1 atom stereocenters. The van der Waals surface area contributed by atoms with Gasteiger partial charge in [0.1, 0.15) is 5.75 Å². The Bertz CT molecular complexity index is 864. The maximum atomic E-state index is 13.0. The number of ether oxygens (including phenoxy) is 1. The fourth-order valence-corrected chi connectivity index (χ4v) is 4.17. The number of amides is 2. The third kappa shape index (κ3) is 4.52. The van der Waals surface area contributed by atoms with Crippen LogP contribution in [0.3, 0.4) is 0 Å². The van der Waals surface area contributed by atoms with Crippen molar-refractivity contribution >= 4 is 17.5 Å². The Morgan fingerprint density at radius 2 is 1.70 bits per heavy atom. The second-order valence-electron chi connectivity index (χ2n) is 7.70. The van der Waals surface area contributed by atoms with Gasteiger partial charge in [-0.15, -0.1) is 0 Å². The number of benzene rings is 1. The van der Waals surface area contributed by atoms with E-state index in [0.29, 0.717) is 12.3 Å². The molecule has 7 nitrogen and oxygen atoms in total. The number of hydrogen-bond acceptors (Lipinski definition) is 6. The van der Waals surface area contributed by atoms with Gasteiger partial charge >= 0.3 is 0 Å². The van der Waals surface area contributed by atoms with Gasteiger partial charge in [-0.25, -0.2) is 4.90 Å². The van der Waals surface area contributed by atoms with E-state index in [4.69, 9.17) is 4.74 Å². The van der Waals surface area contributed by atoms with Crippen molar-refractivity contribution in [3.05, 3.63) is 54.4 Å². The van der Waals surface area contributed by atoms with E-state index < -0.39 is 0 Å². The van der Waals surface area contributed by atoms with Gasteiger partial charge in [0.2, 0.25) is 5.91 Å². The van der Waals surface area contributed by atoms with E-state index >= 15 is 0 Å². The van der Waals surface area contributed by atoms with E-state index in [1.165, 1.54) is 10.5 Å². The van der Waals surface area contributed by atoms with Gasteiger partial charge in [0, 0.05) is 45.1 Å². The molecule has 1 aromatic carbocycles. The zero-order valence-corrected chi connectivity index (χ0v) is 17.4. The molecule has 0 spiro atoms. The topological polar surface area (TPSA) is 66.0 Å². The summed E-state index contributed by atoms with van der Waals surface area (Å²) in [5.41, 5.74) is 1.90. The van der Waals surface area contributed by atoms with E-state index in [9.17, 15) is 9.59 Å². The Kier molecular flexibility index (Phi) is 6.40. The highest BCUT2D eigenvalue weighted by Gasteiger charge is 2.43. The normalized spacial score (nSPS) is 20.7. The summed E-state index contributed by atoms with van der Waals surface area (Å²) >= 11 is 0. The predicted molar refractivity (Wildman–Crippen MR) is 114 cm³/mol. The first-order valence-electron chi connectivity index (χ1n) is 10.6. The summed E-state index contributed by atoms with van der Waals surface area (Å²) in [7, 11) is 0. The van der Waals surface area contributed by atoms with Crippen LogP contribution in [0.25, 0.3) is 0 Å². The highest BCUT2D eigenvalue weighted by Crippen LogP contribution is 2.28. The number of carbonyl (C=O) groups excluding carboxylic acids is 2. The molecule has 158 valence electrons. The van der Waals surface area contributed by atoms with Crippen molar-refractivity contribution in [3.8, 4) is 5.75 Å². The van der Waals surface area contributed by atoms with Gasteiger partial charge in [0.05, 0.1) is 24.8 Å². The van der Waals surface area contributed by atoms with Crippen molar-refractivity contribution in [3.63, 3.8) is 0 Å². The molecule has 7 heteroatoms. The van der Waals surface area contributed by atoms with E-state index in [0.717, 1.165) is 44.9 Å². The summed E-state index contributed by atoms with van der Waals surface area (Å²) in [6.07, 6.45) is 4.90. The molecule has 1 unspecified atom stereocenters. The molecule has 30 heavy (non-hydrogen) atoms. The van der Waals surface area contributed by atoms with Crippen molar-refractivity contribution in [2.75, 3.05) is 44.2 Å². The minimum atomic E-state index is -0.355. The molecule has 4 rings (SSSR count). The number of nitrogens with zero attached hydrogens (tertiary/aromatic N) is 4. The molecule has 2 aromatic rings. The molecular formula is C23H28N4O3. The van der Waals surface area contributed by atoms with Gasteiger partial charge in [-0.1, -0.05) is 0 Å². The number of imide groups is 1. The van der Waals surface area contributed by atoms with Gasteiger partial charge < -0.3 is 9.64 Å². The molecule has 0 radical (unpaired) electrons. The molecule has 3 heterocycles. The average molecular weight is 409 g/mol. The van der Waals surface area contributed by atoms with Crippen LogP contribution in [0.1, 0.15) is 18.9 Å². The summed E-state index contributed by atoms with van der Waals surface area (Å²) in [5.74, 6) is 0.489. The highest BCUT2D eigenvalue weighted by atomic mass is 16.5. The number of rotatable bonds is 7. The summed E-state index contributed by atoms with van der Waals surface area (Å²) in [6.45, 7) is 6.92. The molecule has 2 aliphatic rings. The molecule has 2 aliphatic heterocycles. The Hall–Kier alpha value is -2.77. The SMILES string of the molecule is CCOc1ccc(N2C(=O)CC(N3CCN(CCc4ccncc4)CC3)C2=O)cc1. The molecule has 1 aromatic heterocycles. The van der Waals surface area contributed by atoms with Crippen LogP contribution in [0.15, 0.2) is 48.8 Å². The third-order valence-electron chi connectivity index (χ3n) is 5.84. The predicted octanol–water partition coefficient (Wildman–Crippen LogP) is 1.97. The minimum Gasteiger partial charge on any atom is -0.494 e. The van der Waals surface area contributed by atoms with Crippen LogP contribution >= 0.6 is 0 Å². The first kappa shape index (κ1) is 20.5. The summed E-state index contributed by atoms with van der Waals surface area (Å²) in [6, 6.07) is 10.9. The fraction of sp³-hybridized carbons (Fsp3) is 0.435. The van der Waals surface area contributed by atoms with Crippen LogP contribution in [0.4, 0.5) is 5.69 Å². The van der Waals surface area contributed by atoms with Crippen LogP contribution in [0, 0.1) is 0 Å². The lowest BCUT2D eigenvalue weighted by molar-refractivity contribution is -0.123. The Balaban J connectivity index is 1.32. The lowest BCUT2D eigenvalue weighted by Crippen LogP contribution is -2.52. The van der Waals surface area contributed by atoms with Crippen LogP contribution in [0.2, 0.25) is 0 Å². The maximum Gasteiger partial charge on any atom is 0.251 e. The van der Waals surface area contributed by atoms with Crippen molar-refractivity contribution in [1.82, 2.24) is 14.8 Å². The Morgan fingerprint density at radius 1 is 1.00 bits per heavy atom. The van der Waals surface area contributed by atoms with Crippen molar-refractivity contribution in [2.45, 2.75) is 25.8 Å². The average Bonchev–Trinajstić information content (AvgIpc) is 3.08. The molecule has 0 saturated carbocycles. The summed E-state index contributed by atoms with van der Waals surface area (Å²) in [5, 5.41) is 0. The molecule has 2 amide bonds. The van der Waals surface area contributed by atoms with E-state index in [2.05, 4.69) is 26.9 Å². The monoisotopic (exact) mass is 408 g/mol. The maximum absolute atomic E-state index is 13.0. The minimum absolute atomic E-state index is 0.116. The number of aromatic nitrogens is 1. The lowest BCUT2D eigenvalue weighted by atomic mass is 10.1. The van der Waals surface area contributed by atoms with Crippen molar-refractivity contribution in [1.29, 1.82) is 0 Å². The van der Waals surface area contributed by atoms with Crippen LogP contribution in [-0.4, -0.2) is 72.0 Å². The molecular weight excluding hydrogens is 380 g/mol. The molecule has 0 bridgehead atoms. The number of pyridine rings is 1. The molecule has 2 saturated heterocycles. The molecule has 0 N–H and O–H groups in total. The van der Waals surface area contributed by atoms with Gasteiger partial charge in [0.25, 0.3) is 5.91 Å². The number of anilines is 1. The van der Waals surface area contributed by atoms with Gasteiger partial charge in [-0.05, 0) is 55.3 Å². The summed E-state index contributed by atoms with van der Waals surface area (Å²) < 4.78 is 5.45. The van der Waals surface area contributed by atoms with E-state index in [1.54, 1.807) is 24.3 Å². The summed E-state index contributed by atoms with van der Waals surface area (Å²) in [4.78, 5) is 35.6. The molecule has 2 fully saturated rings. The van der Waals surface area contributed by atoms with Gasteiger partial charge in [-0.2, -0.15) is 0 Å². The third-order valence-corrected chi connectivity index (χ3v) is 5.84. The zero-order valence-electron chi connectivity index (χ0n) is 17.4. The quantitative estimate of drug-likeness (QED) is 0.653. The second kappa shape index (κ2) is 9.36. The largest absolute Gasteiger partial charge is 0.494 e. The van der Waals surface area contributed by atoms with E-state index in [-0.39, 0.29) is 24.3 Å². The Labute approximate surface area is 177 Å². The van der Waals surface area contributed by atoms with E-state index in [1.807, 2.05) is 19.3 Å². The van der Waals surface area contributed by atoms with Gasteiger partial charge in [-0.3, -0.25) is 19.5 Å². The number of hydrogen-bond donors (Lipinski definition) is 0. The fourth-order valence-electron chi connectivity index (χ4n) is 4.17. The van der Waals surface area contributed by atoms with Crippen LogP contribution in [0.5, 0.6) is 5.75 Å².